The summed E-state index contributed by atoms with van der Waals surface area (Å²) in [5, 5.41) is 17.0. The van der Waals surface area contributed by atoms with Gasteiger partial charge in [0.2, 0.25) is 0 Å². The minimum atomic E-state index is 0.118. The fourth-order valence-electron chi connectivity index (χ4n) is 2.34. The summed E-state index contributed by atoms with van der Waals surface area (Å²) in [5.74, 6) is 0. The third kappa shape index (κ3) is 3.56. The first kappa shape index (κ1) is 15.2. The summed E-state index contributed by atoms with van der Waals surface area (Å²) < 4.78 is 1.93. The van der Waals surface area contributed by atoms with Gasteiger partial charge in [-0.1, -0.05) is 13.8 Å². The molecule has 0 amide bonds. The molecular weight excluding hydrogens is 226 g/mol. The molecule has 0 aliphatic carbocycles. The molecule has 0 bridgehead atoms. The Morgan fingerprint density at radius 3 is 2.44 bits per heavy atom. The van der Waals surface area contributed by atoms with Crippen LogP contribution in [0.2, 0.25) is 0 Å². The summed E-state index contributed by atoms with van der Waals surface area (Å²) in [6, 6.07) is 0.289. The average Bonchev–Trinajstić information content (AvgIpc) is 2.50. The highest BCUT2D eigenvalue weighted by molar-refractivity contribution is 5.27. The van der Waals surface area contributed by atoms with Gasteiger partial charge in [0, 0.05) is 37.5 Å². The Morgan fingerprint density at radius 1 is 1.39 bits per heavy atom. The van der Waals surface area contributed by atoms with E-state index < -0.39 is 0 Å². The highest BCUT2D eigenvalue weighted by Gasteiger charge is 2.21. The lowest BCUT2D eigenvalue weighted by atomic mass is 9.89. The second-order valence-electron chi connectivity index (χ2n) is 5.95. The van der Waals surface area contributed by atoms with Crippen LogP contribution in [0.5, 0.6) is 0 Å². The maximum Gasteiger partial charge on any atom is 0.0644 e. The van der Waals surface area contributed by atoms with Gasteiger partial charge in [0.25, 0.3) is 0 Å². The van der Waals surface area contributed by atoms with E-state index in [1.807, 2.05) is 11.7 Å². The van der Waals surface area contributed by atoms with Crippen molar-refractivity contribution in [3.05, 3.63) is 17.0 Å². The summed E-state index contributed by atoms with van der Waals surface area (Å²) in [5.41, 5.74) is 3.72. The van der Waals surface area contributed by atoms with Crippen LogP contribution in [0.25, 0.3) is 0 Å². The molecule has 1 rings (SSSR count). The first-order valence-corrected chi connectivity index (χ1v) is 6.63. The van der Waals surface area contributed by atoms with Crippen molar-refractivity contribution in [1.29, 1.82) is 0 Å². The van der Waals surface area contributed by atoms with Crippen LogP contribution in [0.1, 0.15) is 50.2 Å². The van der Waals surface area contributed by atoms with Crippen molar-refractivity contribution >= 4 is 0 Å². The van der Waals surface area contributed by atoms with Gasteiger partial charge < -0.3 is 10.4 Å². The number of nitrogens with one attached hydrogen (secondary N) is 1. The Hall–Kier alpha value is -0.870. The lowest BCUT2D eigenvalue weighted by Crippen LogP contribution is -2.32. The first-order valence-electron chi connectivity index (χ1n) is 6.63. The molecule has 0 spiro atoms. The second kappa shape index (κ2) is 5.85. The molecule has 1 heterocycles. The molecule has 4 heteroatoms. The first-order chi connectivity index (χ1) is 8.28. The van der Waals surface area contributed by atoms with Crippen LogP contribution in [0, 0.1) is 19.3 Å². The zero-order valence-electron chi connectivity index (χ0n) is 12.5. The summed E-state index contributed by atoms with van der Waals surface area (Å²) in [6.07, 6.45) is 0.817. The van der Waals surface area contributed by atoms with E-state index in [2.05, 4.69) is 45.0 Å². The molecule has 0 aromatic carbocycles. The van der Waals surface area contributed by atoms with Crippen molar-refractivity contribution in [2.45, 2.75) is 47.1 Å². The van der Waals surface area contributed by atoms with Crippen LogP contribution < -0.4 is 5.32 Å². The van der Waals surface area contributed by atoms with Gasteiger partial charge in [-0.25, -0.2) is 0 Å². The predicted octanol–water partition coefficient (Wildman–Crippen LogP) is 2.10. The van der Waals surface area contributed by atoms with Gasteiger partial charge in [-0.15, -0.1) is 0 Å². The molecule has 104 valence electrons. The number of rotatable bonds is 6. The van der Waals surface area contributed by atoms with Crippen LogP contribution in [-0.2, 0) is 7.05 Å². The number of hydrogen-bond acceptors (Lipinski definition) is 3. The van der Waals surface area contributed by atoms with E-state index in [1.54, 1.807) is 0 Å². The molecule has 2 N–H and O–H groups in total. The topological polar surface area (TPSA) is 50.1 Å². The SMILES string of the molecule is Cc1nn(C)c(C)c1C(C)NCC(C)(C)CCO. The number of hydrogen-bond donors (Lipinski definition) is 2. The molecule has 1 unspecified atom stereocenters. The minimum absolute atomic E-state index is 0.118. The van der Waals surface area contributed by atoms with Crippen LogP contribution in [0.3, 0.4) is 0 Å². The molecule has 0 radical (unpaired) electrons. The Kier molecular flexibility index (Phi) is 4.93. The van der Waals surface area contributed by atoms with E-state index in [4.69, 9.17) is 5.11 Å². The molecule has 1 atom stereocenters. The molecule has 18 heavy (non-hydrogen) atoms. The number of aliphatic hydroxyl groups excluding tert-OH is 1. The van der Waals surface area contributed by atoms with E-state index in [1.165, 1.54) is 11.3 Å². The van der Waals surface area contributed by atoms with Crippen molar-refractivity contribution in [2.24, 2.45) is 12.5 Å². The Bertz CT molecular complexity index is 396. The van der Waals surface area contributed by atoms with Gasteiger partial charge in [0.1, 0.15) is 0 Å². The number of aliphatic hydroxyl groups is 1. The van der Waals surface area contributed by atoms with Crippen molar-refractivity contribution in [2.75, 3.05) is 13.2 Å². The lowest BCUT2D eigenvalue weighted by molar-refractivity contribution is 0.203. The maximum atomic E-state index is 9.03. The monoisotopic (exact) mass is 253 g/mol. The predicted molar refractivity (Wildman–Crippen MR) is 74.6 cm³/mol. The summed E-state index contributed by atoms with van der Waals surface area (Å²) in [4.78, 5) is 0. The van der Waals surface area contributed by atoms with E-state index >= 15 is 0 Å². The Morgan fingerprint density at radius 2 is 2.00 bits per heavy atom. The van der Waals surface area contributed by atoms with E-state index in [9.17, 15) is 0 Å². The normalized spacial score (nSPS) is 13.9. The van der Waals surface area contributed by atoms with E-state index in [0.29, 0.717) is 0 Å². The largest absolute Gasteiger partial charge is 0.396 e. The smallest absolute Gasteiger partial charge is 0.0644 e. The second-order valence-corrected chi connectivity index (χ2v) is 5.95. The van der Waals surface area contributed by atoms with Crippen molar-refractivity contribution in [3.8, 4) is 0 Å². The number of aryl methyl sites for hydroxylation is 2. The van der Waals surface area contributed by atoms with Crippen LogP contribution >= 0.6 is 0 Å². The lowest BCUT2D eigenvalue weighted by Gasteiger charge is -2.26. The molecule has 0 aliphatic heterocycles. The van der Waals surface area contributed by atoms with Gasteiger partial charge in [0.05, 0.1) is 5.69 Å². The van der Waals surface area contributed by atoms with Gasteiger partial charge in [-0.05, 0) is 32.6 Å². The molecule has 0 fully saturated rings. The zero-order chi connectivity index (χ0) is 13.9. The van der Waals surface area contributed by atoms with Crippen LogP contribution in [0.15, 0.2) is 0 Å². The number of aromatic nitrogens is 2. The standard InChI is InChI=1S/C14H27N3O/c1-10(15-9-14(4,5)7-8-18)13-11(2)16-17(6)12(13)3/h10,15,18H,7-9H2,1-6H3. The fourth-order valence-corrected chi connectivity index (χ4v) is 2.34. The van der Waals surface area contributed by atoms with Crippen LogP contribution in [-0.4, -0.2) is 28.0 Å². The summed E-state index contributed by atoms with van der Waals surface area (Å²) >= 11 is 0. The summed E-state index contributed by atoms with van der Waals surface area (Å²) in [6.45, 7) is 11.8. The zero-order valence-corrected chi connectivity index (χ0v) is 12.5. The quantitative estimate of drug-likeness (QED) is 0.816. The van der Waals surface area contributed by atoms with Gasteiger partial charge >= 0.3 is 0 Å². The Labute approximate surface area is 110 Å². The Balaban J connectivity index is 2.68. The third-order valence-electron chi connectivity index (χ3n) is 3.67. The molecular formula is C14H27N3O. The van der Waals surface area contributed by atoms with Crippen molar-refractivity contribution in [1.82, 2.24) is 15.1 Å². The maximum absolute atomic E-state index is 9.03. The fraction of sp³-hybridized carbons (Fsp3) is 0.786. The molecule has 0 aliphatic rings. The third-order valence-corrected chi connectivity index (χ3v) is 3.67. The molecule has 0 saturated carbocycles. The van der Waals surface area contributed by atoms with Gasteiger partial charge in [0.15, 0.2) is 0 Å². The van der Waals surface area contributed by atoms with Crippen LogP contribution in [0.4, 0.5) is 0 Å². The number of nitrogens with zero attached hydrogens (tertiary/aromatic N) is 2. The van der Waals surface area contributed by atoms with E-state index in [-0.39, 0.29) is 18.1 Å². The average molecular weight is 253 g/mol. The van der Waals surface area contributed by atoms with E-state index in [0.717, 1.165) is 18.7 Å². The van der Waals surface area contributed by atoms with Gasteiger partial charge in [-0.2, -0.15) is 5.10 Å². The highest BCUT2D eigenvalue weighted by atomic mass is 16.3. The van der Waals surface area contributed by atoms with Crippen molar-refractivity contribution in [3.63, 3.8) is 0 Å². The highest BCUT2D eigenvalue weighted by Crippen LogP contribution is 2.23. The minimum Gasteiger partial charge on any atom is -0.396 e. The van der Waals surface area contributed by atoms with Gasteiger partial charge in [-0.3, -0.25) is 4.68 Å². The summed E-state index contributed by atoms with van der Waals surface area (Å²) in [7, 11) is 1.98. The molecule has 4 nitrogen and oxygen atoms in total. The van der Waals surface area contributed by atoms with Crippen molar-refractivity contribution < 1.29 is 5.11 Å². The molecule has 1 aromatic heterocycles. The molecule has 0 saturated heterocycles. The molecule has 1 aromatic rings.